The number of benzene rings is 2. The van der Waals surface area contributed by atoms with Gasteiger partial charge in [-0.15, -0.1) is 0 Å². The molecule has 8 nitrogen and oxygen atoms in total. The van der Waals surface area contributed by atoms with Crippen LogP contribution >= 0.6 is 11.3 Å². The van der Waals surface area contributed by atoms with Gasteiger partial charge in [0.05, 0.1) is 10.6 Å². The van der Waals surface area contributed by atoms with Crippen LogP contribution in [0.4, 0.5) is 14.3 Å². The lowest BCUT2D eigenvalue weighted by molar-refractivity contribution is -0.133. The molecule has 1 atom stereocenters. The number of carbonyl (C=O) groups is 4. The highest BCUT2D eigenvalue weighted by Crippen LogP contribution is 2.32. The van der Waals surface area contributed by atoms with Crippen LogP contribution in [0.5, 0.6) is 0 Å². The highest BCUT2D eigenvalue weighted by Gasteiger charge is 2.49. The number of Topliss-reactive ketones (excluding diaryl/α,β-unsaturated/α-hetero) is 1. The Bertz CT molecular complexity index is 1260. The number of halogens is 1. The van der Waals surface area contributed by atoms with E-state index in [1.54, 1.807) is 12.1 Å². The van der Waals surface area contributed by atoms with E-state index >= 15 is 0 Å². The van der Waals surface area contributed by atoms with Crippen molar-refractivity contribution in [2.24, 2.45) is 0 Å². The van der Waals surface area contributed by atoms with Crippen molar-refractivity contribution in [3.05, 3.63) is 70.9 Å². The number of nitrogens with one attached hydrogen (secondary N) is 2. The van der Waals surface area contributed by atoms with E-state index in [4.69, 9.17) is 0 Å². The number of rotatable bonds is 6. The molecule has 0 aliphatic carbocycles. The fourth-order valence-electron chi connectivity index (χ4n) is 3.53. The molecule has 1 aliphatic rings. The lowest BCUT2D eigenvalue weighted by Crippen LogP contribution is -2.42. The Kier molecular flexibility index (Phi) is 5.77. The average molecular weight is 466 g/mol. The number of thiazole rings is 1. The van der Waals surface area contributed by atoms with Crippen LogP contribution in [0.2, 0.25) is 0 Å². The molecule has 2 aromatic carbocycles. The number of imide groups is 1. The highest BCUT2D eigenvalue weighted by atomic mass is 32.1. The minimum atomic E-state index is -1.42. The van der Waals surface area contributed by atoms with Crippen LogP contribution in [0.3, 0.4) is 0 Å². The van der Waals surface area contributed by atoms with Gasteiger partial charge in [-0.1, -0.05) is 53.8 Å². The van der Waals surface area contributed by atoms with E-state index in [2.05, 4.69) is 15.6 Å². The quantitative estimate of drug-likeness (QED) is 0.427. The first kappa shape index (κ1) is 22.3. The summed E-state index contributed by atoms with van der Waals surface area (Å²) in [5.74, 6) is -1.96. The van der Waals surface area contributed by atoms with E-state index in [0.717, 1.165) is 21.8 Å². The van der Waals surface area contributed by atoms with Gasteiger partial charge in [0.1, 0.15) is 17.9 Å². The van der Waals surface area contributed by atoms with E-state index < -0.39 is 35.7 Å². The molecule has 1 aliphatic heterocycles. The molecule has 1 aromatic heterocycles. The molecule has 1 unspecified atom stereocenters. The van der Waals surface area contributed by atoms with Crippen LogP contribution in [-0.4, -0.2) is 40.1 Å². The highest BCUT2D eigenvalue weighted by molar-refractivity contribution is 7.18. The molecule has 0 saturated carbocycles. The van der Waals surface area contributed by atoms with E-state index in [1.807, 2.05) is 18.2 Å². The molecule has 4 amide bonds. The Balaban J connectivity index is 1.51. The molecule has 2 heterocycles. The molecule has 0 bridgehead atoms. The van der Waals surface area contributed by atoms with Gasteiger partial charge in [0.25, 0.3) is 5.91 Å². The molecular weight excluding hydrogens is 447 g/mol. The maximum Gasteiger partial charge on any atom is 0.325 e. The summed E-state index contributed by atoms with van der Waals surface area (Å²) in [5.41, 5.74) is 0.142. The van der Waals surface area contributed by atoms with Crippen LogP contribution in [0.15, 0.2) is 54.6 Å². The second-order valence-electron chi connectivity index (χ2n) is 7.62. The van der Waals surface area contributed by atoms with Crippen molar-refractivity contribution in [2.45, 2.75) is 19.4 Å². The largest absolute Gasteiger partial charge is 0.325 e. The molecule has 3 aromatic rings. The maximum atomic E-state index is 13.3. The number of hydrogen-bond donors (Lipinski definition) is 2. The molecule has 168 valence electrons. The van der Waals surface area contributed by atoms with Gasteiger partial charge in [-0.05, 0) is 24.6 Å². The molecule has 33 heavy (non-hydrogen) atoms. The normalized spacial score (nSPS) is 17.7. The number of aromatic nitrogens is 1. The van der Waals surface area contributed by atoms with E-state index in [0.29, 0.717) is 16.1 Å². The third-order valence-corrected chi connectivity index (χ3v) is 6.31. The summed E-state index contributed by atoms with van der Waals surface area (Å²) in [6.07, 6.45) is 0. The second-order valence-corrected chi connectivity index (χ2v) is 8.62. The summed E-state index contributed by atoms with van der Waals surface area (Å²) in [5, 5.41) is 5.30. The van der Waals surface area contributed by atoms with Gasteiger partial charge in [0.15, 0.2) is 10.9 Å². The SMILES string of the molecule is CC(=O)c1sc(NC(=O)CN2C(=O)NC(C)(c3ccc(F)cc3)C2=O)nc1-c1ccccc1. The predicted octanol–water partition coefficient (Wildman–Crippen LogP) is 3.56. The molecule has 10 heteroatoms. The monoisotopic (exact) mass is 466 g/mol. The number of urea groups is 1. The van der Waals surface area contributed by atoms with Gasteiger partial charge in [-0.2, -0.15) is 0 Å². The Morgan fingerprint density at radius 2 is 1.79 bits per heavy atom. The first-order valence-electron chi connectivity index (χ1n) is 9.96. The summed E-state index contributed by atoms with van der Waals surface area (Å²) in [7, 11) is 0. The predicted molar refractivity (Wildman–Crippen MR) is 120 cm³/mol. The van der Waals surface area contributed by atoms with Gasteiger partial charge in [0, 0.05) is 12.5 Å². The van der Waals surface area contributed by atoms with Crippen molar-refractivity contribution in [1.29, 1.82) is 0 Å². The van der Waals surface area contributed by atoms with Crippen molar-refractivity contribution in [2.75, 3.05) is 11.9 Å². The number of nitrogens with zero attached hydrogens (tertiary/aromatic N) is 2. The number of hydrogen-bond acceptors (Lipinski definition) is 6. The first-order chi connectivity index (χ1) is 15.7. The average Bonchev–Trinajstić information content (AvgIpc) is 3.30. The number of anilines is 1. The first-order valence-corrected chi connectivity index (χ1v) is 10.8. The molecule has 1 saturated heterocycles. The second kappa shape index (κ2) is 8.55. The van der Waals surface area contributed by atoms with Gasteiger partial charge < -0.3 is 10.6 Å². The maximum absolute atomic E-state index is 13.3. The van der Waals surface area contributed by atoms with Crippen molar-refractivity contribution in [3.63, 3.8) is 0 Å². The van der Waals surface area contributed by atoms with Gasteiger partial charge >= 0.3 is 6.03 Å². The van der Waals surface area contributed by atoms with Crippen LogP contribution in [0.1, 0.15) is 29.1 Å². The minimum absolute atomic E-state index is 0.178. The third kappa shape index (κ3) is 4.24. The fourth-order valence-corrected chi connectivity index (χ4v) is 4.42. The van der Waals surface area contributed by atoms with Crippen molar-refractivity contribution >= 4 is 40.1 Å². The lowest BCUT2D eigenvalue weighted by Gasteiger charge is -2.22. The zero-order valence-corrected chi connectivity index (χ0v) is 18.5. The van der Waals surface area contributed by atoms with Crippen molar-refractivity contribution < 1.29 is 23.6 Å². The standard InChI is InChI=1S/C23H19FN4O4S/c1-13(29)19-18(14-6-4-3-5-7-14)26-21(33-19)25-17(30)12-28-20(31)23(2,27-22(28)32)15-8-10-16(24)11-9-15/h3-11H,12H2,1-2H3,(H,27,32)(H,25,26,30). The van der Waals surface area contributed by atoms with Crippen molar-refractivity contribution in [1.82, 2.24) is 15.2 Å². The Morgan fingerprint density at radius 1 is 1.12 bits per heavy atom. The van der Waals surface area contributed by atoms with Crippen LogP contribution in [0, 0.1) is 5.82 Å². The lowest BCUT2D eigenvalue weighted by atomic mass is 9.92. The molecule has 1 fully saturated rings. The summed E-state index contributed by atoms with van der Waals surface area (Å²) in [6, 6.07) is 13.5. The smallest absolute Gasteiger partial charge is 0.319 e. The molecular formula is C23H19FN4O4S. The number of carbonyl (C=O) groups excluding carboxylic acids is 4. The van der Waals surface area contributed by atoms with Crippen LogP contribution < -0.4 is 10.6 Å². The summed E-state index contributed by atoms with van der Waals surface area (Å²) in [4.78, 5) is 55.6. The number of amides is 4. The van der Waals surface area contributed by atoms with Gasteiger partial charge in [-0.3, -0.25) is 19.3 Å². The third-order valence-electron chi connectivity index (χ3n) is 5.24. The van der Waals surface area contributed by atoms with Crippen LogP contribution in [-0.2, 0) is 15.1 Å². The number of ketones is 1. The Labute approximate surface area is 192 Å². The summed E-state index contributed by atoms with van der Waals surface area (Å²) < 4.78 is 13.3. The summed E-state index contributed by atoms with van der Waals surface area (Å²) >= 11 is 1.02. The Hall–Kier alpha value is -3.92. The molecule has 4 rings (SSSR count). The molecule has 0 spiro atoms. The summed E-state index contributed by atoms with van der Waals surface area (Å²) in [6.45, 7) is 2.36. The van der Waals surface area contributed by atoms with Gasteiger partial charge in [0.2, 0.25) is 5.91 Å². The van der Waals surface area contributed by atoms with E-state index in [9.17, 15) is 23.6 Å². The van der Waals surface area contributed by atoms with Crippen molar-refractivity contribution in [3.8, 4) is 11.3 Å². The van der Waals surface area contributed by atoms with E-state index in [1.165, 1.54) is 38.1 Å². The van der Waals surface area contributed by atoms with Crippen LogP contribution in [0.25, 0.3) is 11.3 Å². The molecule has 0 radical (unpaired) electrons. The Morgan fingerprint density at radius 3 is 2.42 bits per heavy atom. The van der Waals surface area contributed by atoms with Gasteiger partial charge in [-0.25, -0.2) is 14.2 Å². The topological polar surface area (TPSA) is 108 Å². The minimum Gasteiger partial charge on any atom is -0.319 e. The fraction of sp³-hybridized carbons (Fsp3) is 0.174. The molecule has 2 N–H and O–H groups in total. The zero-order valence-electron chi connectivity index (χ0n) is 17.7. The van der Waals surface area contributed by atoms with E-state index in [-0.39, 0.29) is 10.9 Å². The zero-order chi connectivity index (χ0) is 23.8.